The largest absolute Gasteiger partial charge is 0.220 e. The molecule has 28 heavy (non-hydrogen) atoms. The van der Waals surface area contributed by atoms with Crippen molar-refractivity contribution in [2.75, 3.05) is 0 Å². The smallest absolute Gasteiger partial charge is 0.200 e. The molecule has 1 heterocycles. The van der Waals surface area contributed by atoms with Crippen molar-refractivity contribution in [3.8, 4) is 22.4 Å². The Bertz CT molecular complexity index is 1210. The second-order valence-electron chi connectivity index (χ2n) is 8.03. The summed E-state index contributed by atoms with van der Waals surface area (Å²) in [6, 6.07) is 23.7. The molecule has 0 fully saturated rings. The lowest BCUT2D eigenvalue weighted by atomic mass is 9.87. The number of aromatic nitrogens is 1. The molecule has 0 amide bonds. The molecule has 0 atom stereocenters. The van der Waals surface area contributed by atoms with Crippen molar-refractivity contribution in [2.45, 2.75) is 33.6 Å². The molecule has 0 spiro atoms. The third-order valence-electron chi connectivity index (χ3n) is 5.64. The van der Waals surface area contributed by atoms with Crippen molar-refractivity contribution in [1.82, 2.24) is 0 Å². The minimum atomic E-state index is 0.426. The molecule has 3 aromatic carbocycles. The third kappa shape index (κ3) is 3.22. The number of nitrogens with zero attached hydrogens (tertiary/aromatic N) is 1. The number of pyridine rings is 1. The van der Waals surface area contributed by atoms with Gasteiger partial charge in [0, 0.05) is 6.07 Å². The highest BCUT2D eigenvalue weighted by Crippen LogP contribution is 2.36. The number of hydrogen-bond donors (Lipinski definition) is 0. The molecule has 0 aliphatic carbocycles. The van der Waals surface area contributed by atoms with Crippen molar-refractivity contribution < 1.29 is 5.94 Å². The van der Waals surface area contributed by atoms with Gasteiger partial charge in [-0.25, -0.2) is 4.57 Å². The minimum absolute atomic E-state index is 0.426. The van der Waals surface area contributed by atoms with Gasteiger partial charge in [0.25, 0.3) is 0 Å². The monoisotopic (exact) mass is 367 g/mol. The summed E-state index contributed by atoms with van der Waals surface area (Å²) < 4.78 is 10.6. The highest BCUT2D eigenvalue weighted by molar-refractivity contribution is 5.95. The van der Waals surface area contributed by atoms with Crippen LogP contribution in [0.25, 0.3) is 33.2 Å². The average Bonchev–Trinajstić information content (AvgIpc) is 2.70. The second-order valence-corrected chi connectivity index (χ2v) is 8.03. The number of rotatable bonds is 3. The lowest BCUT2D eigenvalue weighted by Crippen LogP contribution is -2.31. The van der Waals surface area contributed by atoms with Crippen LogP contribution in [0.2, 0.25) is 0 Å². The van der Waals surface area contributed by atoms with Crippen LogP contribution < -0.4 is 4.57 Å². The highest BCUT2D eigenvalue weighted by atomic mass is 14.9. The first kappa shape index (κ1) is 17.2. The quantitative estimate of drug-likeness (QED) is 0.353. The molecule has 0 unspecified atom stereocenters. The van der Waals surface area contributed by atoms with Crippen LogP contribution in [0.5, 0.6) is 0 Å². The van der Waals surface area contributed by atoms with E-state index in [0.29, 0.717) is 12.1 Å². The van der Waals surface area contributed by atoms with E-state index in [-0.39, 0.29) is 0 Å². The molecule has 0 N–H and O–H groups in total. The van der Waals surface area contributed by atoms with Crippen LogP contribution in [0, 0.1) is 13.8 Å². The van der Waals surface area contributed by atoms with Crippen molar-refractivity contribution >= 4 is 10.8 Å². The molecular weight excluding hydrogens is 338 g/mol. The molecular formula is C27H28N+. The number of fused-ring (bicyclic) bond motifs is 1. The standard InChI is InChI=1S/C27H28N/c1-18(2)25-16-23(21-9-7-6-8-10-21)17-26(20(25)4)27-24-12-11-19(3)15-22(24)13-14-28(27)5/h6-18H,1-5H3/q+1/i14D. The zero-order valence-electron chi connectivity index (χ0n) is 18.4. The van der Waals surface area contributed by atoms with Gasteiger partial charge in [0.1, 0.15) is 8.42 Å². The van der Waals surface area contributed by atoms with Crippen LogP contribution in [0.15, 0.2) is 72.9 Å². The van der Waals surface area contributed by atoms with Gasteiger partial charge in [0.2, 0.25) is 5.69 Å². The van der Waals surface area contributed by atoms with Gasteiger partial charge in [-0.1, -0.05) is 67.9 Å². The first-order chi connectivity index (χ1) is 13.9. The van der Waals surface area contributed by atoms with Crippen LogP contribution in [0.4, 0.5) is 0 Å². The molecule has 1 heteroatoms. The molecule has 0 saturated carbocycles. The lowest BCUT2D eigenvalue weighted by Gasteiger charge is -2.17. The van der Waals surface area contributed by atoms with E-state index in [1.807, 2.05) is 17.7 Å². The summed E-state index contributed by atoms with van der Waals surface area (Å²) in [5, 5.41) is 2.32. The summed E-state index contributed by atoms with van der Waals surface area (Å²) in [5.41, 5.74) is 8.64. The van der Waals surface area contributed by atoms with Crippen LogP contribution in [0.3, 0.4) is 0 Å². The molecule has 0 aliphatic rings. The summed E-state index contributed by atoms with van der Waals surface area (Å²) in [5.74, 6) is 0.426. The van der Waals surface area contributed by atoms with E-state index in [1.54, 1.807) is 0 Å². The number of hydrogen-bond acceptors (Lipinski definition) is 0. The zero-order chi connectivity index (χ0) is 20.7. The van der Waals surface area contributed by atoms with E-state index in [1.165, 1.54) is 38.8 Å². The Kier molecular flexibility index (Phi) is 4.44. The normalized spacial score (nSPS) is 11.9. The SMILES string of the molecule is [2H]c1cc2cc(C)ccc2c(-c2cc(-c3ccccc3)cc(C(C)C)c2C)[n+]1C. The predicted molar refractivity (Wildman–Crippen MR) is 120 cm³/mol. The fraction of sp³-hybridized carbons (Fsp3) is 0.222. The molecule has 0 saturated heterocycles. The molecule has 0 bridgehead atoms. The van der Waals surface area contributed by atoms with E-state index in [0.717, 1.165) is 11.1 Å². The second kappa shape index (κ2) is 7.24. The maximum absolute atomic E-state index is 8.55. The molecule has 140 valence electrons. The average molecular weight is 368 g/mol. The van der Waals surface area contributed by atoms with Gasteiger partial charge in [-0.3, -0.25) is 0 Å². The van der Waals surface area contributed by atoms with Gasteiger partial charge >= 0.3 is 0 Å². The van der Waals surface area contributed by atoms with Crippen LogP contribution in [0.1, 0.15) is 37.8 Å². The maximum Gasteiger partial charge on any atom is 0.220 e. The van der Waals surface area contributed by atoms with Gasteiger partial charge in [0.05, 0.1) is 10.9 Å². The first-order valence-corrected chi connectivity index (χ1v) is 9.97. The van der Waals surface area contributed by atoms with E-state index in [4.69, 9.17) is 1.37 Å². The van der Waals surface area contributed by atoms with E-state index < -0.39 is 0 Å². The summed E-state index contributed by atoms with van der Waals surface area (Å²) in [6.45, 7) is 8.83. The van der Waals surface area contributed by atoms with E-state index in [9.17, 15) is 0 Å². The Morgan fingerprint density at radius 2 is 1.61 bits per heavy atom. The first-order valence-electron chi connectivity index (χ1n) is 10.5. The topological polar surface area (TPSA) is 3.88 Å². The summed E-state index contributed by atoms with van der Waals surface area (Å²) in [4.78, 5) is 0. The fourth-order valence-corrected chi connectivity index (χ4v) is 4.13. The Morgan fingerprint density at radius 3 is 2.32 bits per heavy atom. The van der Waals surface area contributed by atoms with E-state index >= 15 is 0 Å². The summed E-state index contributed by atoms with van der Waals surface area (Å²) in [6.07, 6.45) is 0.522. The molecule has 4 aromatic rings. The van der Waals surface area contributed by atoms with Crippen molar-refractivity contribution in [3.63, 3.8) is 0 Å². The summed E-state index contributed by atoms with van der Waals surface area (Å²) >= 11 is 0. The van der Waals surface area contributed by atoms with Gasteiger partial charge in [0.15, 0.2) is 6.17 Å². The number of aryl methyl sites for hydroxylation is 1. The minimum Gasteiger partial charge on any atom is -0.200 e. The fourth-order valence-electron chi connectivity index (χ4n) is 4.13. The number of benzene rings is 3. The van der Waals surface area contributed by atoms with Crippen LogP contribution in [-0.4, -0.2) is 0 Å². The van der Waals surface area contributed by atoms with Gasteiger partial charge < -0.3 is 0 Å². The lowest BCUT2D eigenvalue weighted by molar-refractivity contribution is -0.659. The van der Waals surface area contributed by atoms with Gasteiger partial charge in [-0.05, 0) is 59.5 Å². The highest BCUT2D eigenvalue weighted by Gasteiger charge is 2.21. The van der Waals surface area contributed by atoms with Crippen molar-refractivity contribution in [1.29, 1.82) is 0 Å². The molecule has 1 aromatic heterocycles. The van der Waals surface area contributed by atoms with Crippen LogP contribution >= 0.6 is 0 Å². The van der Waals surface area contributed by atoms with Crippen LogP contribution in [-0.2, 0) is 7.05 Å². The van der Waals surface area contributed by atoms with E-state index in [2.05, 4.69) is 88.4 Å². The molecule has 1 nitrogen and oxygen atoms in total. The molecule has 4 rings (SSSR count). The molecule has 0 aliphatic heterocycles. The predicted octanol–water partition coefficient (Wildman–Crippen LogP) is 6.74. The van der Waals surface area contributed by atoms with Gasteiger partial charge in [-0.2, -0.15) is 0 Å². The Labute approximate surface area is 169 Å². The molecule has 0 radical (unpaired) electrons. The summed E-state index contributed by atoms with van der Waals surface area (Å²) in [7, 11) is 2.00. The Morgan fingerprint density at radius 1 is 0.857 bits per heavy atom. The Balaban J connectivity index is 2.10. The zero-order valence-corrected chi connectivity index (χ0v) is 17.4. The van der Waals surface area contributed by atoms with Gasteiger partial charge in [-0.15, -0.1) is 0 Å². The maximum atomic E-state index is 8.55. The third-order valence-corrected chi connectivity index (χ3v) is 5.64. The van der Waals surface area contributed by atoms with Crippen molar-refractivity contribution in [2.24, 2.45) is 7.05 Å². The van der Waals surface area contributed by atoms with Crippen molar-refractivity contribution in [3.05, 3.63) is 89.6 Å². The Hall–Kier alpha value is -2.93.